The lowest BCUT2D eigenvalue weighted by atomic mass is 10.3. The van der Waals surface area contributed by atoms with Gasteiger partial charge in [-0.3, -0.25) is 0 Å². The summed E-state index contributed by atoms with van der Waals surface area (Å²) in [5, 5.41) is 13.8. The number of aromatic nitrogens is 2. The summed E-state index contributed by atoms with van der Waals surface area (Å²) in [5.41, 5.74) is 0.984. The Labute approximate surface area is 178 Å². The molecule has 0 saturated heterocycles. The predicted molar refractivity (Wildman–Crippen MR) is 115 cm³/mol. The molecule has 0 spiro atoms. The molecule has 148 valence electrons. The summed E-state index contributed by atoms with van der Waals surface area (Å²) in [7, 11) is -2.71. The first kappa shape index (κ1) is 22.0. The minimum Gasteiger partial charge on any atom is -0.365 e. The highest BCUT2D eigenvalue weighted by Crippen LogP contribution is 2.21. The molecule has 2 aromatic rings. The second-order valence-electron chi connectivity index (χ2n) is 5.29. The van der Waals surface area contributed by atoms with Crippen molar-refractivity contribution in [3.8, 4) is 0 Å². The quantitative estimate of drug-likeness (QED) is 0.157. The molecule has 9 nitrogen and oxygen atoms in total. The van der Waals surface area contributed by atoms with Crippen molar-refractivity contribution in [3.05, 3.63) is 34.2 Å². The van der Waals surface area contributed by atoms with Crippen LogP contribution in [0.5, 0.6) is 0 Å². The molecule has 0 aliphatic rings. The number of rotatable bonds is 9. The third-order valence-electron chi connectivity index (χ3n) is 3.37. The van der Waals surface area contributed by atoms with Crippen LogP contribution in [0, 0.1) is 10.6 Å². The number of anilines is 2. The van der Waals surface area contributed by atoms with Gasteiger partial charge < -0.3 is 10.6 Å². The zero-order chi connectivity index (χ0) is 19.9. The number of halogens is 3. The fraction of sp³-hybridized carbons (Fsp3) is 0.357. The van der Waals surface area contributed by atoms with Gasteiger partial charge in [-0.1, -0.05) is 6.92 Å². The Morgan fingerprint density at radius 1 is 1.44 bits per heavy atom. The summed E-state index contributed by atoms with van der Waals surface area (Å²) >= 11 is 4.95. The third-order valence-corrected chi connectivity index (χ3v) is 5.94. The van der Waals surface area contributed by atoms with Gasteiger partial charge in [-0.05, 0) is 50.9 Å². The van der Waals surface area contributed by atoms with E-state index < -0.39 is 9.92 Å². The van der Waals surface area contributed by atoms with Crippen LogP contribution in [0.4, 0.5) is 15.9 Å². The molecule has 0 bridgehead atoms. The van der Waals surface area contributed by atoms with Crippen molar-refractivity contribution >= 4 is 66.1 Å². The molecule has 0 radical (unpaired) electrons. The Bertz CT molecular complexity index is 907. The van der Waals surface area contributed by atoms with E-state index in [0.717, 1.165) is 0 Å². The molecule has 1 atom stereocenters. The lowest BCUT2D eigenvalue weighted by Gasteiger charge is -2.09. The average molecular weight is 574 g/mol. The maximum Gasteiger partial charge on any atom is 0.202 e. The monoisotopic (exact) mass is 573 g/mol. The normalized spacial score (nSPS) is 14.0. The van der Waals surface area contributed by atoms with Crippen LogP contribution in [-0.4, -0.2) is 39.2 Å². The van der Waals surface area contributed by atoms with Crippen LogP contribution in [0.15, 0.2) is 30.5 Å². The zero-order valence-electron chi connectivity index (χ0n) is 14.3. The molecule has 0 saturated carbocycles. The minimum absolute atomic E-state index is 0.262. The van der Waals surface area contributed by atoms with E-state index in [2.05, 4.69) is 44.8 Å². The van der Waals surface area contributed by atoms with E-state index in [0.29, 0.717) is 47.0 Å². The minimum atomic E-state index is -2.71. The fourth-order valence-corrected chi connectivity index (χ4v) is 3.33. The molecule has 13 heteroatoms. The first-order valence-corrected chi connectivity index (χ1v) is 11.3. The van der Waals surface area contributed by atoms with E-state index in [-0.39, 0.29) is 11.6 Å². The summed E-state index contributed by atoms with van der Waals surface area (Å²) in [6.45, 7) is 2.63. The van der Waals surface area contributed by atoms with E-state index >= 15 is 0 Å². The van der Waals surface area contributed by atoms with Gasteiger partial charge in [0.05, 0.1) is 27.3 Å². The molecular formula is C14H18BrFIN7O2S. The highest BCUT2D eigenvalue weighted by Gasteiger charge is 2.17. The Kier molecular flexibility index (Phi) is 8.37. The molecule has 27 heavy (non-hydrogen) atoms. The number of benzene rings is 1. The Morgan fingerprint density at radius 3 is 2.89 bits per heavy atom. The number of hydrogen-bond donors (Lipinski definition) is 4. The number of nitrogens with one attached hydrogen (secondary N) is 4. The third kappa shape index (κ3) is 6.65. The fourth-order valence-electron chi connectivity index (χ4n) is 1.93. The molecule has 1 aromatic heterocycles. The van der Waals surface area contributed by atoms with Crippen molar-refractivity contribution in [1.29, 1.82) is 4.78 Å². The Balaban J connectivity index is 1.96. The first-order valence-electron chi connectivity index (χ1n) is 7.85. The number of nitrogens with zero attached hydrogens (tertiary/aromatic N) is 3. The molecule has 1 heterocycles. The van der Waals surface area contributed by atoms with Gasteiger partial charge in [-0.15, -0.1) is 0 Å². The van der Waals surface area contributed by atoms with Crippen molar-refractivity contribution in [2.24, 2.45) is 3.21 Å². The molecular weight excluding hydrogens is 556 g/mol. The summed E-state index contributed by atoms with van der Waals surface area (Å²) in [6, 6.07) is 4.47. The SMILES string of the molecule is CCS(=N)(=O)NCCCNc1nonc1/C(=N/I)Nc1ccc(F)c(Br)c1. The van der Waals surface area contributed by atoms with Gasteiger partial charge in [0.25, 0.3) is 0 Å². The lowest BCUT2D eigenvalue weighted by Crippen LogP contribution is -2.26. The van der Waals surface area contributed by atoms with E-state index in [9.17, 15) is 8.60 Å². The van der Waals surface area contributed by atoms with Gasteiger partial charge in [0.15, 0.2) is 11.5 Å². The van der Waals surface area contributed by atoms with Crippen molar-refractivity contribution in [2.45, 2.75) is 13.3 Å². The molecule has 1 aromatic carbocycles. The maximum absolute atomic E-state index is 13.4. The second-order valence-corrected chi connectivity index (χ2v) is 8.84. The highest BCUT2D eigenvalue weighted by molar-refractivity contribution is 14.1. The molecule has 1 unspecified atom stereocenters. The van der Waals surface area contributed by atoms with Gasteiger partial charge >= 0.3 is 0 Å². The van der Waals surface area contributed by atoms with Crippen LogP contribution in [0.2, 0.25) is 0 Å². The van der Waals surface area contributed by atoms with E-state index in [1.165, 1.54) is 6.07 Å². The molecule has 0 aliphatic heterocycles. The number of amidine groups is 1. The predicted octanol–water partition coefficient (Wildman–Crippen LogP) is 3.55. The summed E-state index contributed by atoms with van der Waals surface area (Å²) < 4.78 is 44.4. The number of hydrogen-bond acceptors (Lipinski definition) is 7. The van der Waals surface area contributed by atoms with E-state index in [4.69, 9.17) is 9.41 Å². The highest BCUT2D eigenvalue weighted by atomic mass is 127. The molecule has 0 aliphatic carbocycles. The molecule has 2 rings (SSSR count). The van der Waals surface area contributed by atoms with Crippen LogP contribution < -0.4 is 15.4 Å². The Morgan fingerprint density at radius 2 is 2.22 bits per heavy atom. The smallest absolute Gasteiger partial charge is 0.202 e. The van der Waals surface area contributed by atoms with Gasteiger partial charge in [0.2, 0.25) is 5.82 Å². The largest absolute Gasteiger partial charge is 0.365 e. The molecule has 4 N–H and O–H groups in total. The Hall–Kier alpha value is -1.32. The maximum atomic E-state index is 13.4. The average Bonchev–Trinajstić information content (AvgIpc) is 3.10. The van der Waals surface area contributed by atoms with Gasteiger partial charge in [-0.2, -0.15) is 3.21 Å². The van der Waals surface area contributed by atoms with Crippen LogP contribution in [0.3, 0.4) is 0 Å². The van der Waals surface area contributed by atoms with Gasteiger partial charge in [0.1, 0.15) is 15.7 Å². The van der Waals surface area contributed by atoms with Gasteiger partial charge in [0, 0.05) is 24.5 Å². The lowest BCUT2D eigenvalue weighted by molar-refractivity contribution is 0.308. The van der Waals surface area contributed by atoms with Crippen LogP contribution in [-0.2, 0) is 9.92 Å². The molecule has 0 amide bonds. The van der Waals surface area contributed by atoms with E-state index in [1.54, 1.807) is 19.1 Å². The summed E-state index contributed by atoms with van der Waals surface area (Å²) in [4.78, 5) is 0. The second kappa shape index (κ2) is 10.3. The van der Waals surface area contributed by atoms with Crippen LogP contribution in [0.1, 0.15) is 19.0 Å². The summed E-state index contributed by atoms with van der Waals surface area (Å²) in [5.74, 6) is 0.669. The van der Waals surface area contributed by atoms with Crippen molar-refractivity contribution in [2.75, 3.05) is 29.5 Å². The van der Waals surface area contributed by atoms with Crippen molar-refractivity contribution in [1.82, 2.24) is 15.0 Å². The van der Waals surface area contributed by atoms with Crippen LogP contribution >= 0.6 is 38.8 Å². The van der Waals surface area contributed by atoms with Crippen molar-refractivity contribution in [3.63, 3.8) is 0 Å². The standard InChI is InChI=1S/C14H18BrFIN7O2S/c1-2-27(18,25)20-7-3-6-19-13-12(23-26-24-13)14(22-17)21-9-4-5-11(16)10(15)8-9/h4-5,8H,2-3,6-7H2,1H3,(H,19,24)(H,21,22)(H2,18,20,25). The van der Waals surface area contributed by atoms with E-state index in [1.807, 2.05) is 22.9 Å². The van der Waals surface area contributed by atoms with Crippen LogP contribution in [0.25, 0.3) is 0 Å². The molecule has 0 fully saturated rings. The summed E-state index contributed by atoms with van der Waals surface area (Å²) in [6.07, 6.45) is 0.622. The zero-order valence-corrected chi connectivity index (χ0v) is 18.8. The first-order chi connectivity index (χ1) is 12.9. The topological polar surface area (TPSA) is 128 Å². The van der Waals surface area contributed by atoms with Crippen molar-refractivity contribution < 1.29 is 13.2 Å². The van der Waals surface area contributed by atoms with Gasteiger partial charge in [-0.25, -0.2) is 22.7 Å².